The van der Waals surface area contributed by atoms with Crippen molar-refractivity contribution in [2.45, 2.75) is 26.7 Å². The van der Waals surface area contributed by atoms with E-state index in [4.69, 9.17) is 0 Å². The lowest BCUT2D eigenvalue weighted by molar-refractivity contribution is -0.117. The fourth-order valence-electron chi connectivity index (χ4n) is 1.89. The Morgan fingerprint density at radius 1 is 1.19 bits per heavy atom. The molecule has 1 aromatic rings. The first-order valence-corrected chi connectivity index (χ1v) is 5.62. The van der Waals surface area contributed by atoms with Crippen LogP contribution in [0.15, 0.2) is 42.1 Å². The second-order valence-corrected chi connectivity index (χ2v) is 5.08. The van der Waals surface area contributed by atoms with Crippen molar-refractivity contribution in [2.24, 2.45) is 5.41 Å². The molecule has 0 heterocycles. The van der Waals surface area contributed by atoms with Crippen molar-refractivity contribution in [2.75, 3.05) is 5.32 Å². The molecule has 1 aromatic carbocycles. The zero-order chi connectivity index (χ0) is 11.6. The maximum Gasteiger partial charge on any atom is 0.179 e. The molecule has 2 rings (SSSR count). The Bertz CT molecular complexity index is 418. The molecule has 84 valence electrons. The highest BCUT2D eigenvalue weighted by molar-refractivity contribution is 5.99. The zero-order valence-electron chi connectivity index (χ0n) is 9.79. The zero-order valence-corrected chi connectivity index (χ0v) is 9.79. The number of Topliss-reactive ketones (excluding diaryl/α,β-unsaturated/α-hetero) is 1. The summed E-state index contributed by atoms with van der Waals surface area (Å²) < 4.78 is 0. The topological polar surface area (TPSA) is 29.1 Å². The SMILES string of the molecule is CC1(C)CC=C(Nc2ccccc2)C(=O)C1. The average Bonchev–Trinajstić information content (AvgIpc) is 2.23. The van der Waals surface area contributed by atoms with E-state index in [1.165, 1.54) is 0 Å². The summed E-state index contributed by atoms with van der Waals surface area (Å²) >= 11 is 0. The van der Waals surface area contributed by atoms with Crippen molar-refractivity contribution in [3.05, 3.63) is 42.1 Å². The van der Waals surface area contributed by atoms with E-state index in [9.17, 15) is 4.79 Å². The lowest BCUT2D eigenvalue weighted by Crippen LogP contribution is -2.25. The molecule has 1 N–H and O–H groups in total. The lowest BCUT2D eigenvalue weighted by atomic mass is 9.79. The monoisotopic (exact) mass is 215 g/mol. The number of hydrogen-bond acceptors (Lipinski definition) is 2. The maximum atomic E-state index is 11.9. The van der Waals surface area contributed by atoms with Gasteiger partial charge in [0.25, 0.3) is 0 Å². The summed E-state index contributed by atoms with van der Waals surface area (Å²) in [4.78, 5) is 11.9. The largest absolute Gasteiger partial charge is 0.353 e. The van der Waals surface area contributed by atoms with Crippen molar-refractivity contribution >= 4 is 11.5 Å². The molecule has 0 fully saturated rings. The van der Waals surface area contributed by atoms with E-state index in [0.29, 0.717) is 6.42 Å². The third kappa shape index (κ3) is 2.51. The van der Waals surface area contributed by atoms with E-state index in [1.54, 1.807) is 0 Å². The van der Waals surface area contributed by atoms with Gasteiger partial charge >= 0.3 is 0 Å². The van der Waals surface area contributed by atoms with Gasteiger partial charge in [0.1, 0.15) is 0 Å². The fraction of sp³-hybridized carbons (Fsp3) is 0.357. The van der Waals surface area contributed by atoms with E-state index in [1.807, 2.05) is 36.4 Å². The number of carbonyl (C=O) groups excluding carboxylic acids is 1. The molecule has 0 radical (unpaired) electrons. The first-order valence-electron chi connectivity index (χ1n) is 5.62. The van der Waals surface area contributed by atoms with Gasteiger partial charge in [0, 0.05) is 12.1 Å². The van der Waals surface area contributed by atoms with Gasteiger partial charge in [0.15, 0.2) is 5.78 Å². The number of para-hydroxylation sites is 1. The number of hydrogen-bond donors (Lipinski definition) is 1. The van der Waals surface area contributed by atoms with E-state index in [2.05, 4.69) is 19.2 Å². The van der Waals surface area contributed by atoms with Crippen LogP contribution < -0.4 is 5.32 Å². The van der Waals surface area contributed by atoms with Crippen LogP contribution in [0.3, 0.4) is 0 Å². The normalized spacial score (nSPS) is 19.1. The van der Waals surface area contributed by atoms with Gasteiger partial charge in [-0.3, -0.25) is 4.79 Å². The number of allylic oxidation sites excluding steroid dienone is 2. The fourth-order valence-corrected chi connectivity index (χ4v) is 1.89. The molecule has 2 heteroatoms. The maximum absolute atomic E-state index is 11.9. The van der Waals surface area contributed by atoms with Gasteiger partial charge in [-0.25, -0.2) is 0 Å². The first-order chi connectivity index (χ1) is 7.57. The number of nitrogens with one attached hydrogen (secondary N) is 1. The van der Waals surface area contributed by atoms with Crippen LogP contribution in [-0.4, -0.2) is 5.78 Å². The summed E-state index contributed by atoms with van der Waals surface area (Å²) in [5, 5.41) is 3.18. The summed E-state index contributed by atoms with van der Waals surface area (Å²) in [5.74, 6) is 0.208. The molecule has 1 aliphatic carbocycles. The van der Waals surface area contributed by atoms with Crippen molar-refractivity contribution in [1.29, 1.82) is 0 Å². The molecule has 1 aliphatic rings. The Morgan fingerprint density at radius 3 is 2.50 bits per heavy atom. The van der Waals surface area contributed by atoms with Gasteiger partial charge < -0.3 is 5.32 Å². The van der Waals surface area contributed by atoms with Crippen LogP contribution in [0.25, 0.3) is 0 Å². The van der Waals surface area contributed by atoms with Crippen LogP contribution in [0.4, 0.5) is 5.69 Å². The van der Waals surface area contributed by atoms with E-state index < -0.39 is 0 Å². The first kappa shape index (κ1) is 10.9. The van der Waals surface area contributed by atoms with Crippen LogP contribution in [0.5, 0.6) is 0 Å². The number of benzene rings is 1. The van der Waals surface area contributed by atoms with Crippen molar-refractivity contribution in [3.8, 4) is 0 Å². The highest BCUT2D eigenvalue weighted by atomic mass is 16.1. The van der Waals surface area contributed by atoms with Gasteiger partial charge in [0.2, 0.25) is 0 Å². The lowest BCUT2D eigenvalue weighted by Gasteiger charge is -2.27. The predicted molar refractivity (Wildman–Crippen MR) is 66.2 cm³/mol. The van der Waals surface area contributed by atoms with Crippen LogP contribution in [0.1, 0.15) is 26.7 Å². The summed E-state index contributed by atoms with van der Waals surface area (Å²) in [6, 6.07) is 9.81. The third-order valence-corrected chi connectivity index (χ3v) is 2.85. The number of ketones is 1. The summed E-state index contributed by atoms with van der Waals surface area (Å²) in [6.07, 6.45) is 3.59. The molecule has 16 heavy (non-hydrogen) atoms. The van der Waals surface area contributed by atoms with Gasteiger partial charge in [-0.05, 0) is 24.0 Å². The minimum absolute atomic E-state index is 0.110. The average molecular weight is 215 g/mol. The summed E-state index contributed by atoms with van der Waals surface area (Å²) in [6.45, 7) is 4.25. The molecular weight excluding hydrogens is 198 g/mol. The minimum atomic E-state index is 0.110. The molecule has 0 saturated carbocycles. The molecule has 0 spiro atoms. The molecule has 0 unspecified atom stereocenters. The Hall–Kier alpha value is -1.57. The van der Waals surface area contributed by atoms with Crippen molar-refractivity contribution in [1.82, 2.24) is 0 Å². The van der Waals surface area contributed by atoms with Gasteiger partial charge in [0.05, 0.1) is 5.70 Å². The van der Waals surface area contributed by atoms with E-state index in [0.717, 1.165) is 17.8 Å². The van der Waals surface area contributed by atoms with Gasteiger partial charge in [-0.2, -0.15) is 0 Å². The quantitative estimate of drug-likeness (QED) is 0.819. The molecule has 0 amide bonds. The predicted octanol–water partition coefficient (Wildman–Crippen LogP) is 3.37. The van der Waals surface area contributed by atoms with Gasteiger partial charge in [-0.15, -0.1) is 0 Å². The Morgan fingerprint density at radius 2 is 1.88 bits per heavy atom. The molecule has 0 saturated heterocycles. The Kier molecular flexibility index (Phi) is 2.82. The molecule has 0 atom stereocenters. The van der Waals surface area contributed by atoms with Crippen molar-refractivity contribution in [3.63, 3.8) is 0 Å². The van der Waals surface area contributed by atoms with Crippen molar-refractivity contribution < 1.29 is 4.79 Å². The molecular formula is C14H17NO. The summed E-state index contributed by atoms with van der Waals surface area (Å²) in [5.41, 5.74) is 1.83. The van der Waals surface area contributed by atoms with Crippen LogP contribution in [-0.2, 0) is 4.79 Å². The number of carbonyl (C=O) groups is 1. The van der Waals surface area contributed by atoms with E-state index in [-0.39, 0.29) is 11.2 Å². The van der Waals surface area contributed by atoms with Crippen LogP contribution in [0.2, 0.25) is 0 Å². The Balaban J connectivity index is 2.12. The smallest absolute Gasteiger partial charge is 0.179 e. The highest BCUT2D eigenvalue weighted by Crippen LogP contribution is 2.32. The molecule has 2 nitrogen and oxygen atoms in total. The van der Waals surface area contributed by atoms with Gasteiger partial charge in [-0.1, -0.05) is 38.1 Å². The second kappa shape index (κ2) is 4.12. The molecule has 0 bridgehead atoms. The number of rotatable bonds is 2. The van der Waals surface area contributed by atoms with E-state index >= 15 is 0 Å². The van der Waals surface area contributed by atoms with Crippen LogP contribution >= 0.6 is 0 Å². The standard InChI is InChI=1S/C14H17NO/c1-14(2)9-8-12(13(16)10-14)15-11-6-4-3-5-7-11/h3-8,15H,9-10H2,1-2H3. The minimum Gasteiger partial charge on any atom is -0.353 e. The Labute approximate surface area is 96.4 Å². The molecule has 0 aromatic heterocycles. The molecule has 0 aliphatic heterocycles. The second-order valence-electron chi connectivity index (χ2n) is 5.08. The highest BCUT2D eigenvalue weighted by Gasteiger charge is 2.27. The summed E-state index contributed by atoms with van der Waals surface area (Å²) in [7, 11) is 0. The number of anilines is 1. The van der Waals surface area contributed by atoms with Crippen LogP contribution in [0, 0.1) is 5.41 Å². The third-order valence-electron chi connectivity index (χ3n) is 2.85.